The number of halogens is 3. The van der Waals surface area contributed by atoms with Crippen LogP contribution in [-0.2, 0) is 6.54 Å². The molecule has 0 atom stereocenters. The van der Waals surface area contributed by atoms with E-state index in [0.717, 1.165) is 35.5 Å². The average molecular weight is 504 g/mol. The second kappa shape index (κ2) is 13.4. The van der Waals surface area contributed by atoms with Gasteiger partial charge in [-0.05, 0) is 55.5 Å². The molecule has 2 N–H and O–H groups in total. The van der Waals surface area contributed by atoms with Crippen LogP contribution in [0, 0.1) is 5.82 Å². The molecule has 0 aliphatic heterocycles. The van der Waals surface area contributed by atoms with Gasteiger partial charge in [-0.1, -0.05) is 15.9 Å². The topological polar surface area (TPSA) is 36.4 Å². The molecular formula is C15H24BrFIN3S. The van der Waals surface area contributed by atoms with Crippen molar-refractivity contribution in [3.8, 4) is 0 Å². The quantitative estimate of drug-likeness (QED) is 0.239. The Morgan fingerprint density at radius 1 is 1.27 bits per heavy atom. The molecule has 22 heavy (non-hydrogen) atoms. The van der Waals surface area contributed by atoms with Crippen LogP contribution >= 0.6 is 51.7 Å². The largest absolute Gasteiger partial charge is 0.357 e. The molecule has 0 aromatic heterocycles. The van der Waals surface area contributed by atoms with Crippen LogP contribution in [0.5, 0.6) is 0 Å². The summed E-state index contributed by atoms with van der Waals surface area (Å²) >= 11 is 5.16. The summed E-state index contributed by atoms with van der Waals surface area (Å²) in [5.41, 5.74) is 0.849. The maximum absolute atomic E-state index is 13.3. The standard InChI is InChI=1S/C15H23BrFN3S.HI/c1-3-18-15(19-6-4-5-7-21-2)20-11-12-8-13(16)10-14(17)9-12;/h8-10H,3-7,11H2,1-2H3,(H2,18,19,20);1H. The summed E-state index contributed by atoms with van der Waals surface area (Å²) in [5, 5.41) is 6.50. The SMILES string of the molecule is CCNC(=NCc1cc(F)cc(Br)c1)NCCCCSC.I. The van der Waals surface area contributed by atoms with Gasteiger partial charge in [0.2, 0.25) is 0 Å². The van der Waals surface area contributed by atoms with E-state index >= 15 is 0 Å². The molecule has 1 aromatic carbocycles. The number of thioether (sulfide) groups is 1. The Kier molecular flexibility index (Phi) is 13.4. The third-order valence-electron chi connectivity index (χ3n) is 2.75. The van der Waals surface area contributed by atoms with Gasteiger partial charge in [0.15, 0.2) is 5.96 Å². The molecule has 1 aromatic rings. The maximum atomic E-state index is 13.3. The van der Waals surface area contributed by atoms with Crippen LogP contribution in [0.15, 0.2) is 27.7 Å². The number of hydrogen-bond donors (Lipinski definition) is 2. The van der Waals surface area contributed by atoms with Crippen LogP contribution in [-0.4, -0.2) is 31.1 Å². The zero-order chi connectivity index (χ0) is 15.5. The molecule has 126 valence electrons. The van der Waals surface area contributed by atoms with E-state index in [2.05, 4.69) is 37.8 Å². The number of benzene rings is 1. The Morgan fingerprint density at radius 2 is 2.05 bits per heavy atom. The summed E-state index contributed by atoms with van der Waals surface area (Å²) in [6.07, 6.45) is 4.44. The smallest absolute Gasteiger partial charge is 0.191 e. The molecule has 0 unspecified atom stereocenters. The lowest BCUT2D eigenvalue weighted by Crippen LogP contribution is -2.37. The third-order valence-corrected chi connectivity index (χ3v) is 3.91. The molecular weight excluding hydrogens is 480 g/mol. The van der Waals surface area contributed by atoms with Crippen molar-refractivity contribution in [3.63, 3.8) is 0 Å². The van der Waals surface area contributed by atoms with Crippen molar-refractivity contribution in [1.29, 1.82) is 0 Å². The number of unbranched alkanes of at least 4 members (excludes halogenated alkanes) is 1. The Hall–Kier alpha value is -0.0200. The molecule has 0 aliphatic carbocycles. The van der Waals surface area contributed by atoms with E-state index in [1.807, 2.05) is 24.8 Å². The van der Waals surface area contributed by atoms with Crippen LogP contribution in [0.4, 0.5) is 4.39 Å². The highest BCUT2D eigenvalue weighted by molar-refractivity contribution is 14.0. The van der Waals surface area contributed by atoms with E-state index in [1.165, 1.54) is 24.3 Å². The molecule has 0 amide bonds. The average Bonchev–Trinajstić information content (AvgIpc) is 2.43. The number of aliphatic imine (C=N–C) groups is 1. The lowest BCUT2D eigenvalue weighted by Gasteiger charge is -2.11. The normalized spacial score (nSPS) is 11.0. The fraction of sp³-hybridized carbons (Fsp3) is 0.533. The van der Waals surface area contributed by atoms with Gasteiger partial charge in [-0.2, -0.15) is 11.8 Å². The highest BCUT2D eigenvalue weighted by Crippen LogP contribution is 2.15. The first-order chi connectivity index (χ1) is 10.2. The van der Waals surface area contributed by atoms with E-state index in [0.29, 0.717) is 6.54 Å². The Bertz CT molecular complexity index is 440. The minimum Gasteiger partial charge on any atom is -0.357 e. The Balaban J connectivity index is 0.00000441. The van der Waals surface area contributed by atoms with Crippen molar-refractivity contribution in [2.24, 2.45) is 4.99 Å². The van der Waals surface area contributed by atoms with E-state index < -0.39 is 0 Å². The Labute approximate surface area is 162 Å². The van der Waals surface area contributed by atoms with Crippen LogP contribution in [0.3, 0.4) is 0 Å². The number of nitrogens with zero attached hydrogens (tertiary/aromatic N) is 1. The first-order valence-corrected chi connectivity index (χ1v) is 9.30. The summed E-state index contributed by atoms with van der Waals surface area (Å²) in [5.74, 6) is 1.72. The number of hydrogen-bond acceptors (Lipinski definition) is 2. The lowest BCUT2D eigenvalue weighted by atomic mass is 10.2. The number of guanidine groups is 1. The van der Waals surface area contributed by atoms with Crippen LogP contribution in [0.25, 0.3) is 0 Å². The van der Waals surface area contributed by atoms with Crippen molar-refractivity contribution in [2.45, 2.75) is 26.3 Å². The second-order valence-electron chi connectivity index (χ2n) is 4.60. The second-order valence-corrected chi connectivity index (χ2v) is 6.50. The third kappa shape index (κ3) is 9.89. The predicted molar refractivity (Wildman–Crippen MR) is 110 cm³/mol. The van der Waals surface area contributed by atoms with Gasteiger partial charge in [-0.25, -0.2) is 9.38 Å². The molecule has 0 heterocycles. The van der Waals surface area contributed by atoms with Crippen molar-refractivity contribution in [3.05, 3.63) is 34.1 Å². The molecule has 0 bridgehead atoms. The van der Waals surface area contributed by atoms with Crippen molar-refractivity contribution < 1.29 is 4.39 Å². The van der Waals surface area contributed by atoms with E-state index in [4.69, 9.17) is 0 Å². The highest BCUT2D eigenvalue weighted by atomic mass is 127. The minimum absolute atomic E-state index is 0. The molecule has 0 aliphatic rings. The zero-order valence-electron chi connectivity index (χ0n) is 13.0. The van der Waals surface area contributed by atoms with Crippen LogP contribution in [0.1, 0.15) is 25.3 Å². The van der Waals surface area contributed by atoms with Gasteiger partial charge in [-0.15, -0.1) is 24.0 Å². The molecule has 0 radical (unpaired) electrons. The van der Waals surface area contributed by atoms with Crippen molar-refractivity contribution in [1.82, 2.24) is 10.6 Å². The van der Waals surface area contributed by atoms with E-state index in [1.54, 1.807) is 0 Å². The fourth-order valence-corrected chi connectivity index (χ4v) is 2.80. The van der Waals surface area contributed by atoms with Gasteiger partial charge in [0.1, 0.15) is 5.82 Å². The molecule has 1 rings (SSSR count). The number of nitrogens with one attached hydrogen (secondary N) is 2. The molecule has 3 nitrogen and oxygen atoms in total. The highest BCUT2D eigenvalue weighted by Gasteiger charge is 2.00. The lowest BCUT2D eigenvalue weighted by molar-refractivity contribution is 0.624. The zero-order valence-corrected chi connectivity index (χ0v) is 17.7. The monoisotopic (exact) mass is 503 g/mol. The summed E-state index contributed by atoms with van der Waals surface area (Å²) in [6.45, 7) is 4.20. The minimum atomic E-state index is -0.246. The van der Waals surface area contributed by atoms with Crippen molar-refractivity contribution >= 4 is 57.6 Å². The first-order valence-electron chi connectivity index (χ1n) is 7.11. The van der Waals surface area contributed by atoms with E-state index in [9.17, 15) is 4.39 Å². The molecule has 0 saturated heterocycles. The predicted octanol–water partition coefficient (Wildman–Crippen LogP) is 4.40. The van der Waals surface area contributed by atoms with E-state index in [-0.39, 0.29) is 29.8 Å². The molecule has 7 heteroatoms. The van der Waals surface area contributed by atoms with Gasteiger partial charge in [0.25, 0.3) is 0 Å². The molecule has 0 spiro atoms. The van der Waals surface area contributed by atoms with Crippen LogP contribution < -0.4 is 10.6 Å². The van der Waals surface area contributed by atoms with Gasteiger partial charge in [-0.3, -0.25) is 0 Å². The molecule has 0 saturated carbocycles. The van der Waals surface area contributed by atoms with Gasteiger partial charge in [0.05, 0.1) is 6.54 Å². The Morgan fingerprint density at radius 3 is 2.68 bits per heavy atom. The summed E-state index contributed by atoms with van der Waals surface area (Å²) in [7, 11) is 0. The van der Waals surface area contributed by atoms with Gasteiger partial charge < -0.3 is 10.6 Å². The maximum Gasteiger partial charge on any atom is 0.191 e. The van der Waals surface area contributed by atoms with Gasteiger partial charge >= 0.3 is 0 Å². The van der Waals surface area contributed by atoms with Crippen molar-refractivity contribution in [2.75, 3.05) is 25.1 Å². The summed E-state index contributed by atoms with van der Waals surface area (Å²) < 4.78 is 14.0. The fourth-order valence-electron chi connectivity index (χ4n) is 1.79. The summed E-state index contributed by atoms with van der Waals surface area (Å²) in [6, 6.07) is 4.84. The molecule has 0 fully saturated rings. The van der Waals surface area contributed by atoms with Crippen LogP contribution in [0.2, 0.25) is 0 Å². The van der Waals surface area contributed by atoms with Gasteiger partial charge in [0, 0.05) is 17.6 Å². The summed E-state index contributed by atoms with van der Waals surface area (Å²) in [4.78, 5) is 4.49. The number of rotatable bonds is 8. The first kappa shape index (κ1) is 22.0.